The summed E-state index contributed by atoms with van der Waals surface area (Å²) >= 11 is 0. The maximum atomic E-state index is 10.5. The third kappa shape index (κ3) is 0.556. The first-order valence-electron chi connectivity index (χ1n) is 2.78. The summed E-state index contributed by atoms with van der Waals surface area (Å²) in [4.78, 5) is 16.7. The van der Waals surface area contributed by atoms with Crippen molar-refractivity contribution in [2.75, 3.05) is 0 Å². The molecular weight excluding hydrogens is 132 g/mol. The lowest BCUT2D eigenvalue weighted by molar-refractivity contribution is -0.112. The summed E-state index contributed by atoms with van der Waals surface area (Å²) in [6.07, 6.45) is 1.34. The molecule has 2 heterocycles. The number of nitrogens with one attached hydrogen (secondary N) is 1. The molecule has 4 nitrogen and oxygen atoms in total. The van der Waals surface area contributed by atoms with Gasteiger partial charge in [-0.15, -0.1) is 0 Å². The Morgan fingerprint density at radius 3 is 3.10 bits per heavy atom. The third-order valence-electron chi connectivity index (χ3n) is 1.31. The standard InChI is InChI=1S/C6H4N2O2/c9-5-1-3-4(8-5)2-6(10)7-3/h1-2,7,10H. The Hall–Kier alpha value is -1.58. The van der Waals surface area contributed by atoms with E-state index in [1.165, 1.54) is 12.1 Å². The zero-order chi connectivity index (χ0) is 7.14. The monoisotopic (exact) mass is 136 g/mol. The van der Waals surface area contributed by atoms with Gasteiger partial charge in [-0.1, -0.05) is 0 Å². The van der Waals surface area contributed by atoms with E-state index in [9.17, 15) is 4.79 Å². The molecule has 0 bridgehead atoms. The van der Waals surface area contributed by atoms with E-state index in [-0.39, 0.29) is 11.8 Å². The summed E-state index contributed by atoms with van der Waals surface area (Å²) in [7, 11) is 0. The molecule has 2 rings (SSSR count). The van der Waals surface area contributed by atoms with E-state index in [2.05, 4.69) is 9.98 Å². The Morgan fingerprint density at radius 2 is 2.40 bits per heavy atom. The normalized spacial score (nSPS) is 14.2. The molecule has 1 aromatic rings. The molecule has 50 valence electrons. The molecule has 0 atom stereocenters. The highest BCUT2D eigenvalue weighted by Gasteiger charge is 2.04. The number of aromatic nitrogens is 1. The summed E-state index contributed by atoms with van der Waals surface area (Å²) < 4.78 is 0. The number of hydrogen-bond donors (Lipinski definition) is 2. The predicted octanol–water partition coefficient (Wildman–Crippen LogP) is -1.34. The second-order valence-electron chi connectivity index (χ2n) is 2.05. The van der Waals surface area contributed by atoms with Crippen LogP contribution < -0.4 is 10.7 Å². The molecule has 0 spiro atoms. The molecule has 0 radical (unpaired) electrons. The van der Waals surface area contributed by atoms with E-state index in [0.29, 0.717) is 10.7 Å². The number of carbonyl (C=O) groups excluding carboxylic acids is 1. The highest BCUT2D eigenvalue weighted by molar-refractivity contribution is 6.06. The summed E-state index contributed by atoms with van der Waals surface area (Å²) in [6, 6.07) is 1.41. The first-order valence-corrected chi connectivity index (χ1v) is 2.78. The number of carbonyl (C=O) groups is 1. The number of H-pyrrole nitrogens is 1. The summed E-state index contributed by atoms with van der Waals surface area (Å²) in [5.74, 6) is -0.237. The van der Waals surface area contributed by atoms with Crippen molar-refractivity contribution in [2.45, 2.75) is 0 Å². The van der Waals surface area contributed by atoms with Gasteiger partial charge in [0, 0.05) is 12.1 Å². The number of aromatic amines is 1. The summed E-state index contributed by atoms with van der Waals surface area (Å²) in [5.41, 5.74) is 0. The Labute approximate surface area is 55.5 Å². The molecule has 0 aromatic carbocycles. The maximum Gasteiger partial charge on any atom is 0.272 e. The Kier molecular flexibility index (Phi) is 0.768. The average Bonchev–Trinajstić information content (AvgIpc) is 2.21. The number of aromatic hydroxyl groups is 1. The van der Waals surface area contributed by atoms with Gasteiger partial charge in [0.2, 0.25) is 0 Å². The van der Waals surface area contributed by atoms with Crippen LogP contribution in [0.4, 0.5) is 0 Å². The molecule has 0 saturated heterocycles. The van der Waals surface area contributed by atoms with Crippen molar-refractivity contribution in [1.29, 1.82) is 0 Å². The van der Waals surface area contributed by atoms with Gasteiger partial charge in [-0.25, -0.2) is 4.99 Å². The van der Waals surface area contributed by atoms with Crippen molar-refractivity contribution in [3.8, 4) is 5.88 Å². The minimum absolute atomic E-state index is 0.0394. The van der Waals surface area contributed by atoms with Crippen molar-refractivity contribution in [3.63, 3.8) is 0 Å². The SMILES string of the molecule is O=C1C=c2[nH]c(O)cc2=N1. The molecule has 1 amide bonds. The fraction of sp³-hybridized carbons (Fsp3) is 0. The molecule has 10 heavy (non-hydrogen) atoms. The van der Waals surface area contributed by atoms with Crippen LogP contribution in [0.25, 0.3) is 6.08 Å². The Morgan fingerprint density at radius 1 is 1.60 bits per heavy atom. The number of nitrogens with zero attached hydrogens (tertiary/aromatic N) is 1. The highest BCUT2D eigenvalue weighted by atomic mass is 16.3. The van der Waals surface area contributed by atoms with E-state index in [1.54, 1.807) is 0 Å². The Balaban J connectivity index is 2.90. The topological polar surface area (TPSA) is 65.5 Å². The van der Waals surface area contributed by atoms with Gasteiger partial charge < -0.3 is 10.1 Å². The average molecular weight is 136 g/mol. The molecule has 2 N–H and O–H groups in total. The first-order chi connectivity index (χ1) is 4.75. The fourth-order valence-corrected chi connectivity index (χ4v) is 0.922. The van der Waals surface area contributed by atoms with E-state index >= 15 is 0 Å². The maximum absolute atomic E-state index is 10.5. The molecule has 0 fully saturated rings. The molecular formula is C6H4N2O2. The van der Waals surface area contributed by atoms with Gasteiger partial charge in [-0.05, 0) is 0 Å². The second kappa shape index (κ2) is 1.47. The number of rotatable bonds is 0. The van der Waals surface area contributed by atoms with Gasteiger partial charge in [-0.3, -0.25) is 4.79 Å². The summed E-state index contributed by atoms with van der Waals surface area (Å²) in [6.45, 7) is 0. The second-order valence-corrected chi connectivity index (χ2v) is 2.05. The van der Waals surface area contributed by atoms with Gasteiger partial charge >= 0.3 is 0 Å². The lowest BCUT2D eigenvalue weighted by Crippen LogP contribution is -2.17. The van der Waals surface area contributed by atoms with Gasteiger partial charge in [0.1, 0.15) is 0 Å². The van der Waals surface area contributed by atoms with Crippen LogP contribution >= 0.6 is 0 Å². The fourth-order valence-electron chi connectivity index (χ4n) is 0.922. The lowest BCUT2D eigenvalue weighted by Gasteiger charge is -1.75. The van der Waals surface area contributed by atoms with Crippen molar-refractivity contribution < 1.29 is 9.90 Å². The predicted molar refractivity (Wildman–Crippen MR) is 32.7 cm³/mol. The van der Waals surface area contributed by atoms with Crippen LogP contribution in [-0.2, 0) is 4.79 Å². The van der Waals surface area contributed by atoms with E-state index in [0.717, 1.165) is 0 Å². The lowest BCUT2D eigenvalue weighted by atomic mass is 10.5. The molecule has 1 aliphatic rings. The van der Waals surface area contributed by atoms with Gasteiger partial charge in [-0.2, -0.15) is 0 Å². The van der Waals surface area contributed by atoms with Crippen molar-refractivity contribution in [2.24, 2.45) is 4.99 Å². The van der Waals surface area contributed by atoms with Crippen molar-refractivity contribution >= 4 is 12.0 Å². The molecule has 0 unspecified atom stereocenters. The van der Waals surface area contributed by atoms with Gasteiger partial charge in [0.15, 0.2) is 5.88 Å². The zero-order valence-corrected chi connectivity index (χ0v) is 4.96. The van der Waals surface area contributed by atoms with Crippen LogP contribution in [0.5, 0.6) is 5.88 Å². The molecule has 0 saturated carbocycles. The van der Waals surface area contributed by atoms with Crippen LogP contribution in [0.3, 0.4) is 0 Å². The van der Waals surface area contributed by atoms with Crippen LogP contribution in [-0.4, -0.2) is 16.0 Å². The van der Waals surface area contributed by atoms with Crippen molar-refractivity contribution in [1.82, 2.24) is 4.98 Å². The van der Waals surface area contributed by atoms with Crippen molar-refractivity contribution in [3.05, 3.63) is 16.8 Å². The number of fused-ring (bicyclic) bond motifs is 1. The quantitative estimate of drug-likeness (QED) is 0.463. The van der Waals surface area contributed by atoms with Crippen LogP contribution in [0.2, 0.25) is 0 Å². The minimum atomic E-state index is -0.277. The molecule has 1 aromatic heterocycles. The van der Waals surface area contributed by atoms with Crippen LogP contribution in [0.1, 0.15) is 0 Å². The largest absolute Gasteiger partial charge is 0.495 e. The van der Waals surface area contributed by atoms with Gasteiger partial charge in [0.05, 0.1) is 10.7 Å². The Bertz CT molecular complexity index is 366. The molecule has 0 aliphatic carbocycles. The summed E-state index contributed by atoms with van der Waals surface area (Å²) in [5, 5.41) is 9.94. The molecule has 1 aliphatic heterocycles. The highest BCUT2D eigenvalue weighted by Crippen LogP contribution is 1.93. The number of amides is 1. The minimum Gasteiger partial charge on any atom is -0.495 e. The first kappa shape index (κ1) is 5.22. The van der Waals surface area contributed by atoms with Gasteiger partial charge in [0.25, 0.3) is 5.91 Å². The molecule has 4 heteroatoms. The zero-order valence-electron chi connectivity index (χ0n) is 4.96. The van der Waals surface area contributed by atoms with E-state index in [1.807, 2.05) is 0 Å². The van der Waals surface area contributed by atoms with E-state index < -0.39 is 0 Å². The third-order valence-corrected chi connectivity index (χ3v) is 1.31. The van der Waals surface area contributed by atoms with Crippen LogP contribution in [0, 0.1) is 0 Å². The van der Waals surface area contributed by atoms with E-state index in [4.69, 9.17) is 5.11 Å². The number of hydrogen-bond acceptors (Lipinski definition) is 2. The smallest absolute Gasteiger partial charge is 0.272 e. The van der Waals surface area contributed by atoms with Crippen LogP contribution in [0.15, 0.2) is 11.1 Å².